The first-order valence-electron chi connectivity index (χ1n) is 8.15. The first-order chi connectivity index (χ1) is 13.1. The van der Waals surface area contributed by atoms with Crippen LogP contribution in [0.3, 0.4) is 0 Å². The highest BCUT2D eigenvalue weighted by Crippen LogP contribution is 2.16. The van der Waals surface area contributed by atoms with Gasteiger partial charge in [-0.1, -0.05) is 6.07 Å². The van der Waals surface area contributed by atoms with Crippen LogP contribution < -0.4 is 21.3 Å². The predicted molar refractivity (Wildman–Crippen MR) is 104 cm³/mol. The third-order valence-electron chi connectivity index (χ3n) is 3.84. The van der Waals surface area contributed by atoms with Crippen LogP contribution in [0.2, 0.25) is 0 Å². The van der Waals surface area contributed by atoms with Gasteiger partial charge in [0.2, 0.25) is 0 Å². The summed E-state index contributed by atoms with van der Waals surface area (Å²) in [6.07, 6.45) is 2.88. The minimum Gasteiger partial charge on any atom is -0.311 e. The van der Waals surface area contributed by atoms with Gasteiger partial charge in [0.05, 0.1) is 23.0 Å². The molecule has 1 aromatic carbocycles. The molecule has 0 spiro atoms. The maximum absolute atomic E-state index is 12.0. The van der Waals surface area contributed by atoms with Crippen LogP contribution in [0.5, 0.6) is 0 Å². The second-order valence-electron chi connectivity index (χ2n) is 6.31. The number of hydrogen-bond acceptors (Lipinski definition) is 6. The zero-order valence-corrected chi connectivity index (χ0v) is 16.2. The Hall–Kier alpha value is -2.86. The fourth-order valence-electron chi connectivity index (χ4n) is 2.63. The Balaban J connectivity index is 1.54. The summed E-state index contributed by atoms with van der Waals surface area (Å²) in [5.41, 5.74) is 1.37. The van der Waals surface area contributed by atoms with Crippen molar-refractivity contribution < 1.29 is 26.4 Å². The molecule has 4 amide bonds. The predicted octanol–water partition coefficient (Wildman–Crippen LogP) is 0.554. The van der Waals surface area contributed by atoms with E-state index >= 15 is 0 Å². The number of nitrogens with one attached hydrogen (secondary N) is 4. The molecule has 3 rings (SSSR count). The molecule has 1 aromatic rings. The second kappa shape index (κ2) is 7.64. The fraction of sp³-hybridized carbons (Fsp3) is 0.250. The Morgan fingerprint density at radius 2 is 1.14 bits per heavy atom. The van der Waals surface area contributed by atoms with Crippen molar-refractivity contribution in [3.05, 3.63) is 47.8 Å². The molecular weight excluding hydrogens is 408 g/mol. The smallest absolute Gasteiger partial charge is 0.311 e. The van der Waals surface area contributed by atoms with Crippen LogP contribution in [0.25, 0.3) is 0 Å². The Labute approximate surface area is 161 Å². The Morgan fingerprint density at radius 3 is 1.50 bits per heavy atom. The molecule has 2 aliphatic rings. The maximum Gasteiger partial charge on any atom is 0.323 e. The summed E-state index contributed by atoms with van der Waals surface area (Å²) in [6.45, 7) is 0. The summed E-state index contributed by atoms with van der Waals surface area (Å²) < 4.78 is 45.5. The van der Waals surface area contributed by atoms with Crippen molar-refractivity contribution in [1.82, 2.24) is 10.6 Å². The van der Waals surface area contributed by atoms with Gasteiger partial charge >= 0.3 is 12.1 Å². The molecule has 28 heavy (non-hydrogen) atoms. The van der Waals surface area contributed by atoms with Crippen LogP contribution in [-0.4, -0.2) is 51.9 Å². The number of amides is 4. The number of urea groups is 2. The third kappa shape index (κ3) is 5.57. The minimum absolute atomic E-state index is 0.102. The summed E-state index contributed by atoms with van der Waals surface area (Å²) in [7, 11) is -6.37. The molecule has 12 heteroatoms. The van der Waals surface area contributed by atoms with Gasteiger partial charge in [-0.3, -0.25) is 0 Å². The zero-order valence-electron chi connectivity index (χ0n) is 14.6. The largest absolute Gasteiger partial charge is 0.323 e. The monoisotopic (exact) mass is 426 g/mol. The molecule has 0 saturated heterocycles. The maximum atomic E-state index is 12.0. The molecule has 0 aliphatic carbocycles. The molecule has 2 heterocycles. The molecule has 10 nitrogen and oxygen atoms in total. The Bertz CT molecular complexity index is 1010. The summed E-state index contributed by atoms with van der Waals surface area (Å²) in [5.74, 6) is -0.634. The topological polar surface area (TPSA) is 151 Å². The third-order valence-corrected chi connectivity index (χ3v) is 6.70. The lowest BCUT2D eigenvalue weighted by atomic mass is 10.3. The van der Waals surface area contributed by atoms with Gasteiger partial charge in [0.25, 0.3) is 0 Å². The quantitative estimate of drug-likeness (QED) is 0.552. The van der Waals surface area contributed by atoms with Crippen LogP contribution in [-0.2, 0) is 19.7 Å². The molecule has 0 radical (unpaired) electrons. The molecule has 4 N–H and O–H groups in total. The Morgan fingerprint density at radius 1 is 0.714 bits per heavy atom. The van der Waals surface area contributed by atoms with E-state index in [9.17, 15) is 26.4 Å². The first-order valence-corrected chi connectivity index (χ1v) is 11.8. The molecule has 0 unspecified atom stereocenters. The van der Waals surface area contributed by atoms with Crippen molar-refractivity contribution in [3.63, 3.8) is 0 Å². The Kier molecular flexibility index (Phi) is 5.42. The van der Waals surface area contributed by atoms with Gasteiger partial charge in [0.1, 0.15) is 0 Å². The SMILES string of the molecule is O=C(NC1=CCS(=O)(=O)C1)Nc1cccc(NC(=O)NC2=CCS(=O)(=O)C2)c1. The molecule has 0 saturated carbocycles. The van der Waals surface area contributed by atoms with E-state index in [0.717, 1.165) is 0 Å². The van der Waals surface area contributed by atoms with E-state index in [1.807, 2.05) is 0 Å². The normalized spacial score (nSPS) is 19.3. The molecular formula is C16H18N4O6S2. The summed E-state index contributed by atoms with van der Waals surface area (Å²) in [6, 6.07) is 5.07. The lowest BCUT2D eigenvalue weighted by Gasteiger charge is -2.11. The van der Waals surface area contributed by atoms with Crippen molar-refractivity contribution in [1.29, 1.82) is 0 Å². The van der Waals surface area contributed by atoms with Gasteiger partial charge in [-0.15, -0.1) is 0 Å². The average molecular weight is 426 g/mol. The number of rotatable bonds is 4. The molecule has 150 valence electrons. The molecule has 0 bridgehead atoms. The van der Waals surface area contributed by atoms with Gasteiger partial charge in [-0.05, 0) is 30.4 Å². The molecule has 0 atom stereocenters. The highest BCUT2D eigenvalue weighted by atomic mass is 32.2. The summed E-state index contributed by atoms with van der Waals surface area (Å²) >= 11 is 0. The number of carbonyl (C=O) groups excluding carboxylic acids is 2. The fourth-order valence-corrected chi connectivity index (χ4v) is 5.10. The van der Waals surface area contributed by atoms with E-state index in [2.05, 4.69) is 21.3 Å². The van der Waals surface area contributed by atoms with Gasteiger partial charge in [-0.2, -0.15) is 0 Å². The van der Waals surface area contributed by atoms with Crippen molar-refractivity contribution >= 4 is 43.1 Å². The standard InChI is InChI=1S/C16H18N4O6S2/c21-15(19-13-4-6-27(23,24)9-13)17-11-2-1-3-12(8-11)18-16(22)20-14-5-7-28(25,26)10-14/h1-5,8H,6-7,9-10H2,(H2,17,19,21)(H2,18,20,22). The van der Waals surface area contributed by atoms with Crippen molar-refractivity contribution in [2.75, 3.05) is 33.6 Å². The van der Waals surface area contributed by atoms with Crippen LogP contribution in [0.4, 0.5) is 21.0 Å². The van der Waals surface area contributed by atoms with Crippen LogP contribution in [0.15, 0.2) is 47.8 Å². The second-order valence-corrected chi connectivity index (χ2v) is 10.5. The van der Waals surface area contributed by atoms with Gasteiger partial charge in [-0.25, -0.2) is 26.4 Å². The van der Waals surface area contributed by atoms with E-state index in [1.54, 1.807) is 18.2 Å². The highest BCUT2D eigenvalue weighted by molar-refractivity contribution is 7.92. The van der Waals surface area contributed by atoms with Gasteiger partial charge in [0, 0.05) is 22.8 Å². The lowest BCUT2D eigenvalue weighted by Crippen LogP contribution is -2.30. The van der Waals surface area contributed by atoms with Crippen LogP contribution in [0, 0.1) is 0 Å². The van der Waals surface area contributed by atoms with Gasteiger partial charge < -0.3 is 21.3 Å². The molecule has 0 fully saturated rings. The minimum atomic E-state index is -3.18. The number of benzene rings is 1. The first kappa shape index (κ1) is 19.9. The molecule has 2 aliphatic heterocycles. The van der Waals surface area contributed by atoms with E-state index in [0.29, 0.717) is 22.8 Å². The summed E-state index contributed by atoms with van der Waals surface area (Å²) in [5, 5.41) is 10.0. The van der Waals surface area contributed by atoms with Crippen LogP contribution in [0.1, 0.15) is 0 Å². The van der Waals surface area contributed by atoms with Crippen molar-refractivity contribution in [2.45, 2.75) is 0 Å². The van der Waals surface area contributed by atoms with E-state index < -0.39 is 31.7 Å². The van der Waals surface area contributed by atoms with E-state index in [1.165, 1.54) is 18.2 Å². The molecule has 0 aromatic heterocycles. The number of anilines is 2. The zero-order chi connectivity index (χ0) is 20.4. The average Bonchev–Trinajstić information content (AvgIpc) is 3.08. The van der Waals surface area contributed by atoms with E-state index in [-0.39, 0.29) is 23.0 Å². The van der Waals surface area contributed by atoms with Gasteiger partial charge in [0.15, 0.2) is 19.7 Å². The van der Waals surface area contributed by atoms with E-state index in [4.69, 9.17) is 0 Å². The number of hydrogen-bond donors (Lipinski definition) is 4. The van der Waals surface area contributed by atoms with Crippen molar-refractivity contribution in [3.8, 4) is 0 Å². The number of sulfone groups is 2. The van der Waals surface area contributed by atoms with Crippen LogP contribution >= 0.6 is 0 Å². The lowest BCUT2D eigenvalue weighted by molar-refractivity contribution is 0.253. The summed E-state index contributed by atoms with van der Waals surface area (Å²) in [4.78, 5) is 24.0. The number of carbonyl (C=O) groups is 2. The highest BCUT2D eigenvalue weighted by Gasteiger charge is 2.22. The van der Waals surface area contributed by atoms with Crippen molar-refractivity contribution in [2.24, 2.45) is 0 Å².